The predicted molar refractivity (Wildman–Crippen MR) is 93.3 cm³/mol. The van der Waals surface area contributed by atoms with Crippen LogP contribution in [0.25, 0.3) is 0 Å². The number of benzene rings is 2. The molecule has 0 unspecified atom stereocenters. The molecule has 0 fully saturated rings. The normalized spacial score (nSPS) is 10.3. The third-order valence-electron chi connectivity index (χ3n) is 3.20. The minimum Gasteiger partial charge on any atom is -0.465 e. The Hall–Kier alpha value is -2.41. The Morgan fingerprint density at radius 3 is 2.46 bits per heavy atom. The number of hydrogen-bond acceptors (Lipinski definition) is 4. The van der Waals surface area contributed by atoms with Gasteiger partial charge in [-0.2, -0.15) is 0 Å². The van der Waals surface area contributed by atoms with Crippen LogP contribution in [0.2, 0.25) is 0 Å². The molecule has 2 N–H and O–H groups in total. The molecule has 0 aliphatic carbocycles. The Morgan fingerprint density at radius 1 is 1.21 bits per heavy atom. The molecular formula is C17H16BrFN2O3. The highest BCUT2D eigenvalue weighted by atomic mass is 79.9. The molecule has 24 heavy (non-hydrogen) atoms. The molecule has 2 rings (SSSR count). The molecule has 5 nitrogen and oxygen atoms in total. The maximum Gasteiger partial charge on any atom is 0.326 e. The summed E-state index contributed by atoms with van der Waals surface area (Å²) in [6, 6.07) is 10.4. The highest BCUT2D eigenvalue weighted by Crippen LogP contribution is 2.25. The second-order valence-electron chi connectivity index (χ2n) is 4.91. The van der Waals surface area contributed by atoms with E-state index in [0.29, 0.717) is 10.2 Å². The fourth-order valence-electron chi connectivity index (χ4n) is 2.08. The van der Waals surface area contributed by atoms with Crippen molar-refractivity contribution in [3.63, 3.8) is 0 Å². The smallest absolute Gasteiger partial charge is 0.326 e. The Kier molecular flexibility index (Phi) is 5.92. The molecule has 7 heteroatoms. The summed E-state index contributed by atoms with van der Waals surface area (Å²) in [5.74, 6) is -1.77. The maximum absolute atomic E-state index is 14.3. The van der Waals surface area contributed by atoms with Gasteiger partial charge in [0.15, 0.2) is 0 Å². The van der Waals surface area contributed by atoms with E-state index < -0.39 is 24.2 Å². The molecule has 126 valence electrons. The van der Waals surface area contributed by atoms with Gasteiger partial charge in [0.1, 0.15) is 12.4 Å². The molecule has 0 saturated heterocycles. The van der Waals surface area contributed by atoms with Crippen LogP contribution in [-0.4, -0.2) is 25.0 Å². The van der Waals surface area contributed by atoms with Crippen molar-refractivity contribution in [3.8, 4) is 0 Å². The number of esters is 1. The van der Waals surface area contributed by atoms with Gasteiger partial charge < -0.3 is 10.5 Å². The molecule has 0 aromatic heterocycles. The molecule has 1 amide bonds. The lowest BCUT2D eigenvalue weighted by Crippen LogP contribution is -2.37. The zero-order valence-electron chi connectivity index (χ0n) is 13.0. The van der Waals surface area contributed by atoms with Crippen LogP contribution in [0.5, 0.6) is 0 Å². The fourth-order valence-corrected chi connectivity index (χ4v) is 2.42. The number of carbonyl (C=O) groups is 2. The lowest BCUT2D eigenvalue weighted by Gasteiger charge is -2.22. The summed E-state index contributed by atoms with van der Waals surface area (Å²) in [5, 5.41) is 0. The number of amides is 1. The van der Waals surface area contributed by atoms with Crippen molar-refractivity contribution in [2.75, 3.05) is 23.8 Å². The molecule has 0 saturated carbocycles. The zero-order chi connectivity index (χ0) is 17.7. The lowest BCUT2D eigenvalue weighted by molar-refractivity contribution is -0.141. The Bertz CT molecular complexity index is 750. The van der Waals surface area contributed by atoms with Crippen molar-refractivity contribution < 1.29 is 18.7 Å². The molecule has 0 aliphatic rings. The van der Waals surface area contributed by atoms with E-state index in [4.69, 9.17) is 10.5 Å². The van der Waals surface area contributed by atoms with Crippen LogP contribution in [0.15, 0.2) is 46.9 Å². The number of nitrogens with two attached hydrogens (primary N) is 1. The molecule has 2 aromatic carbocycles. The highest BCUT2D eigenvalue weighted by molar-refractivity contribution is 9.10. The second kappa shape index (κ2) is 7.92. The van der Waals surface area contributed by atoms with Crippen LogP contribution in [0.1, 0.15) is 17.3 Å². The molecule has 2 aromatic rings. The van der Waals surface area contributed by atoms with E-state index in [1.807, 2.05) is 0 Å². The van der Waals surface area contributed by atoms with Crippen LogP contribution in [-0.2, 0) is 9.53 Å². The van der Waals surface area contributed by atoms with Crippen molar-refractivity contribution in [2.24, 2.45) is 0 Å². The molecule has 0 spiro atoms. The second-order valence-corrected chi connectivity index (χ2v) is 5.83. The van der Waals surface area contributed by atoms with E-state index in [9.17, 15) is 14.0 Å². The summed E-state index contributed by atoms with van der Waals surface area (Å²) in [6.07, 6.45) is 0. The number of hydrogen-bond donors (Lipinski definition) is 1. The molecule has 0 atom stereocenters. The summed E-state index contributed by atoms with van der Waals surface area (Å²) in [7, 11) is 0. The highest BCUT2D eigenvalue weighted by Gasteiger charge is 2.24. The van der Waals surface area contributed by atoms with Crippen molar-refractivity contribution in [3.05, 3.63) is 58.3 Å². The quantitative estimate of drug-likeness (QED) is 0.623. The Morgan fingerprint density at radius 2 is 1.88 bits per heavy atom. The van der Waals surface area contributed by atoms with E-state index in [2.05, 4.69) is 15.9 Å². The summed E-state index contributed by atoms with van der Waals surface area (Å²) in [6.45, 7) is 1.44. The van der Waals surface area contributed by atoms with Gasteiger partial charge in [0, 0.05) is 15.7 Å². The number of nitrogen functional groups attached to an aromatic ring is 1. The molecular weight excluding hydrogens is 379 g/mol. The Balaban J connectivity index is 2.39. The number of halogens is 2. The SMILES string of the molecule is CCOC(=O)CN(C(=O)c1ccc(N)cc1)c1ccc(Br)cc1F. The minimum absolute atomic E-state index is 0.00641. The van der Waals surface area contributed by atoms with Gasteiger partial charge in [0.25, 0.3) is 5.91 Å². The largest absolute Gasteiger partial charge is 0.465 e. The standard InChI is InChI=1S/C17H16BrFN2O3/c1-2-24-16(22)10-21(15-8-5-12(18)9-14(15)19)17(23)11-3-6-13(20)7-4-11/h3-9H,2,10,20H2,1H3. The first-order chi connectivity index (χ1) is 11.4. The van der Waals surface area contributed by atoms with E-state index in [-0.39, 0.29) is 17.9 Å². The molecule has 0 bridgehead atoms. The summed E-state index contributed by atoms with van der Waals surface area (Å²) in [4.78, 5) is 25.6. The number of anilines is 2. The number of carbonyl (C=O) groups excluding carboxylic acids is 2. The van der Waals surface area contributed by atoms with Gasteiger partial charge in [-0.3, -0.25) is 14.5 Å². The van der Waals surface area contributed by atoms with Gasteiger partial charge in [-0.25, -0.2) is 4.39 Å². The predicted octanol–water partition coefficient (Wildman–Crippen LogP) is 3.38. The van der Waals surface area contributed by atoms with Gasteiger partial charge in [0.2, 0.25) is 0 Å². The average Bonchev–Trinajstić information content (AvgIpc) is 2.53. The summed E-state index contributed by atoms with van der Waals surface area (Å²) < 4.78 is 19.7. The summed E-state index contributed by atoms with van der Waals surface area (Å²) in [5.41, 5.74) is 6.39. The van der Waals surface area contributed by atoms with Crippen molar-refractivity contribution in [2.45, 2.75) is 6.92 Å². The van der Waals surface area contributed by atoms with Crippen LogP contribution in [0, 0.1) is 5.82 Å². The van der Waals surface area contributed by atoms with Crippen molar-refractivity contribution in [1.82, 2.24) is 0 Å². The topological polar surface area (TPSA) is 72.6 Å². The van der Waals surface area contributed by atoms with Crippen molar-refractivity contribution >= 4 is 39.2 Å². The number of rotatable bonds is 5. The Labute approximate surface area is 147 Å². The number of ether oxygens (including phenoxy) is 1. The zero-order valence-corrected chi connectivity index (χ0v) is 14.5. The van der Waals surface area contributed by atoms with E-state index >= 15 is 0 Å². The van der Waals surface area contributed by atoms with Crippen LogP contribution >= 0.6 is 15.9 Å². The molecule has 0 radical (unpaired) electrons. The van der Waals surface area contributed by atoms with Crippen LogP contribution in [0.4, 0.5) is 15.8 Å². The van der Waals surface area contributed by atoms with Gasteiger partial charge >= 0.3 is 5.97 Å². The first-order valence-corrected chi connectivity index (χ1v) is 7.99. The third kappa shape index (κ3) is 4.32. The summed E-state index contributed by atoms with van der Waals surface area (Å²) >= 11 is 3.16. The first-order valence-electron chi connectivity index (χ1n) is 7.20. The van der Waals surface area contributed by atoms with Gasteiger partial charge in [-0.15, -0.1) is 0 Å². The monoisotopic (exact) mass is 394 g/mol. The molecule has 0 heterocycles. The van der Waals surface area contributed by atoms with Crippen LogP contribution in [0.3, 0.4) is 0 Å². The fraction of sp³-hybridized carbons (Fsp3) is 0.176. The third-order valence-corrected chi connectivity index (χ3v) is 3.69. The van der Waals surface area contributed by atoms with E-state index in [1.54, 1.807) is 25.1 Å². The average molecular weight is 395 g/mol. The first kappa shape index (κ1) is 17.9. The van der Waals surface area contributed by atoms with E-state index in [0.717, 1.165) is 4.90 Å². The van der Waals surface area contributed by atoms with Gasteiger partial charge in [-0.05, 0) is 49.4 Å². The van der Waals surface area contributed by atoms with E-state index in [1.165, 1.54) is 24.3 Å². The minimum atomic E-state index is -0.627. The van der Waals surface area contributed by atoms with Crippen LogP contribution < -0.4 is 10.6 Å². The maximum atomic E-state index is 14.3. The van der Waals surface area contributed by atoms with Gasteiger partial charge in [-0.1, -0.05) is 15.9 Å². The van der Waals surface area contributed by atoms with Gasteiger partial charge in [0.05, 0.1) is 12.3 Å². The number of nitrogens with zero attached hydrogens (tertiary/aromatic N) is 1. The van der Waals surface area contributed by atoms with Crippen molar-refractivity contribution in [1.29, 1.82) is 0 Å². The lowest BCUT2D eigenvalue weighted by atomic mass is 10.1. The molecule has 0 aliphatic heterocycles.